The fourth-order valence-electron chi connectivity index (χ4n) is 5.19. The van der Waals surface area contributed by atoms with Gasteiger partial charge in [-0.15, -0.1) is 0 Å². The van der Waals surface area contributed by atoms with Gasteiger partial charge in [0.1, 0.15) is 6.61 Å². The highest BCUT2D eigenvalue weighted by molar-refractivity contribution is 5.70. The summed E-state index contributed by atoms with van der Waals surface area (Å²) < 4.78 is 10.6. The normalized spacial score (nSPS) is 12.7. The zero-order chi connectivity index (χ0) is 33.6. The van der Waals surface area contributed by atoms with Crippen molar-refractivity contribution in [2.24, 2.45) is 0 Å². The lowest BCUT2D eigenvalue weighted by Gasteiger charge is -2.15. The van der Waals surface area contributed by atoms with Gasteiger partial charge in [0, 0.05) is 12.8 Å². The quantitative estimate of drug-likeness (QED) is 0.0429. The minimum atomic E-state index is -0.797. The number of unbranched alkanes of at least 4 members (excludes halogenated alkanes) is 18. The van der Waals surface area contributed by atoms with Crippen molar-refractivity contribution in [1.29, 1.82) is 0 Å². The van der Waals surface area contributed by atoms with Gasteiger partial charge in [-0.25, -0.2) is 0 Å². The summed E-state index contributed by atoms with van der Waals surface area (Å²) in [5.41, 5.74) is 0. The molecule has 0 saturated carbocycles. The largest absolute Gasteiger partial charge is 0.462 e. The van der Waals surface area contributed by atoms with E-state index in [1.165, 1.54) is 103 Å². The smallest absolute Gasteiger partial charge is 0.306 e. The number of aliphatic hydroxyl groups excluding tert-OH is 1. The summed E-state index contributed by atoms with van der Waals surface area (Å²) in [5, 5.41) is 9.53. The van der Waals surface area contributed by atoms with E-state index in [-0.39, 0.29) is 31.6 Å². The number of carbonyl (C=O) groups excluding carboxylic acids is 2. The van der Waals surface area contributed by atoms with Crippen LogP contribution in [0.5, 0.6) is 0 Å². The second-order valence-corrected chi connectivity index (χ2v) is 12.7. The predicted molar refractivity (Wildman–Crippen MR) is 196 cm³/mol. The molecule has 0 radical (unpaired) electrons. The molecular formula is C41H72O5. The first kappa shape index (κ1) is 43.9. The molecule has 0 bridgehead atoms. The van der Waals surface area contributed by atoms with Crippen LogP contribution < -0.4 is 0 Å². The summed E-state index contributed by atoms with van der Waals surface area (Å²) in [5.74, 6) is -0.655. The maximum Gasteiger partial charge on any atom is 0.306 e. The highest BCUT2D eigenvalue weighted by atomic mass is 16.6. The first-order chi connectivity index (χ1) is 22.6. The molecule has 0 aliphatic rings. The third-order valence-electron chi connectivity index (χ3n) is 8.13. The van der Waals surface area contributed by atoms with Crippen LogP contribution in [0.2, 0.25) is 0 Å². The van der Waals surface area contributed by atoms with E-state index in [9.17, 15) is 14.7 Å². The monoisotopic (exact) mass is 645 g/mol. The van der Waals surface area contributed by atoms with Crippen LogP contribution in [-0.2, 0) is 19.1 Å². The van der Waals surface area contributed by atoms with Gasteiger partial charge in [0.05, 0.1) is 6.61 Å². The van der Waals surface area contributed by atoms with Gasteiger partial charge >= 0.3 is 11.9 Å². The predicted octanol–water partition coefficient (Wildman–Crippen LogP) is 11.8. The Bertz CT molecular complexity index is 782. The average Bonchev–Trinajstić information content (AvgIpc) is 3.06. The molecule has 5 nitrogen and oxygen atoms in total. The molecule has 0 aromatic rings. The van der Waals surface area contributed by atoms with Crippen molar-refractivity contribution in [2.75, 3.05) is 13.2 Å². The molecule has 5 heteroatoms. The molecule has 1 atom stereocenters. The molecule has 0 aromatic carbocycles. The Morgan fingerprint density at radius 1 is 0.500 bits per heavy atom. The standard InChI is InChI=1S/C41H72O5/c1-3-5-7-9-11-13-15-17-19-20-22-24-26-28-30-32-34-36-41(44)46-39(37-42)38-45-40(43)35-33-31-29-27-25-23-21-18-16-14-12-10-8-6-4-2/h11,13,17,19,22,24,28,30,39,42H,3-10,12,14-16,18,20-21,23,25-27,29,31-38H2,1-2H3/b13-11+,19-17+,24-22-,30-28+/t39-/m1/s1. The molecule has 0 saturated heterocycles. The van der Waals surface area contributed by atoms with Crippen LogP contribution >= 0.6 is 0 Å². The highest BCUT2D eigenvalue weighted by Gasteiger charge is 2.15. The molecule has 0 spiro atoms. The maximum absolute atomic E-state index is 12.1. The summed E-state index contributed by atoms with van der Waals surface area (Å²) in [7, 11) is 0. The van der Waals surface area contributed by atoms with E-state index in [1.54, 1.807) is 0 Å². The Kier molecular flexibility index (Phi) is 35.6. The number of allylic oxidation sites excluding steroid dienone is 8. The van der Waals surface area contributed by atoms with E-state index in [1.807, 2.05) is 0 Å². The maximum atomic E-state index is 12.1. The minimum absolute atomic E-state index is 0.0863. The van der Waals surface area contributed by atoms with Gasteiger partial charge in [0.15, 0.2) is 6.10 Å². The van der Waals surface area contributed by atoms with Crippen LogP contribution in [0.3, 0.4) is 0 Å². The summed E-state index contributed by atoms with van der Waals surface area (Å²) >= 11 is 0. The Balaban J connectivity index is 3.66. The van der Waals surface area contributed by atoms with Crippen LogP contribution in [-0.4, -0.2) is 36.4 Å². The van der Waals surface area contributed by atoms with Gasteiger partial charge in [-0.2, -0.15) is 0 Å². The highest BCUT2D eigenvalue weighted by Crippen LogP contribution is 2.14. The molecule has 46 heavy (non-hydrogen) atoms. The fraction of sp³-hybridized carbons (Fsp3) is 0.756. The van der Waals surface area contributed by atoms with E-state index in [0.717, 1.165) is 44.9 Å². The van der Waals surface area contributed by atoms with E-state index < -0.39 is 6.10 Å². The first-order valence-corrected chi connectivity index (χ1v) is 19.2. The van der Waals surface area contributed by atoms with Gasteiger partial charge in [0.25, 0.3) is 0 Å². The summed E-state index contributed by atoms with van der Waals surface area (Å²) in [6.07, 6.45) is 46.0. The molecule has 0 unspecified atom stereocenters. The molecule has 0 aromatic heterocycles. The Morgan fingerprint density at radius 2 is 0.891 bits per heavy atom. The Labute approximate surface area is 284 Å². The Hall–Kier alpha value is -2.14. The van der Waals surface area contributed by atoms with E-state index in [4.69, 9.17) is 9.47 Å². The number of carbonyl (C=O) groups is 2. The number of hydrogen-bond donors (Lipinski definition) is 1. The third-order valence-corrected chi connectivity index (χ3v) is 8.13. The topological polar surface area (TPSA) is 72.8 Å². The molecule has 1 N–H and O–H groups in total. The van der Waals surface area contributed by atoms with E-state index in [2.05, 4.69) is 62.5 Å². The van der Waals surface area contributed by atoms with Crippen molar-refractivity contribution in [3.05, 3.63) is 48.6 Å². The molecule has 0 rings (SSSR count). The number of rotatable bonds is 34. The molecule has 0 fully saturated rings. The van der Waals surface area contributed by atoms with Crippen LogP contribution in [0.25, 0.3) is 0 Å². The molecular weight excluding hydrogens is 572 g/mol. The zero-order valence-corrected chi connectivity index (χ0v) is 30.1. The molecule has 0 aliphatic carbocycles. The average molecular weight is 645 g/mol. The summed E-state index contributed by atoms with van der Waals surface area (Å²) in [4.78, 5) is 24.2. The van der Waals surface area contributed by atoms with E-state index in [0.29, 0.717) is 12.8 Å². The zero-order valence-electron chi connectivity index (χ0n) is 30.1. The van der Waals surface area contributed by atoms with Crippen LogP contribution in [0.1, 0.15) is 181 Å². The first-order valence-electron chi connectivity index (χ1n) is 19.2. The lowest BCUT2D eigenvalue weighted by Crippen LogP contribution is -2.28. The second-order valence-electron chi connectivity index (χ2n) is 12.7. The van der Waals surface area contributed by atoms with Crippen LogP contribution in [0.15, 0.2) is 48.6 Å². The number of ether oxygens (including phenoxy) is 2. The SMILES string of the molecule is CCCCC/C=C/C/C=C/C/C=C\C/C=C/CCCC(=O)O[C@H](CO)COC(=O)CCCCCCCCCCCCCCCCC. The van der Waals surface area contributed by atoms with Crippen LogP contribution in [0, 0.1) is 0 Å². The van der Waals surface area contributed by atoms with E-state index >= 15 is 0 Å². The summed E-state index contributed by atoms with van der Waals surface area (Å²) in [6, 6.07) is 0. The number of aliphatic hydroxyl groups is 1. The fourth-order valence-corrected chi connectivity index (χ4v) is 5.19. The van der Waals surface area contributed by atoms with Crippen molar-refractivity contribution in [3.63, 3.8) is 0 Å². The lowest BCUT2D eigenvalue weighted by atomic mass is 10.0. The van der Waals surface area contributed by atoms with Gasteiger partial charge in [-0.05, 0) is 51.4 Å². The molecule has 0 aliphatic heterocycles. The van der Waals surface area contributed by atoms with Gasteiger partial charge < -0.3 is 14.6 Å². The van der Waals surface area contributed by atoms with Crippen molar-refractivity contribution in [1.82, 2.24) is 0 Å². The Morgan fingerprint density at radius 3 is 1.37 bits per heavy atom. The number of esters is 2. The van der Waals surface area contributed by atoms with Crippen molar-refractivity contribution < 1.29 is 24.2 Å². The third kappa shape index (κ3) is 34.7. The van der Waals surface area contributed by atoms with Crippen molar-refractivity contribution in [3.8, 4) is 0 Å². The molecule has 0 heterocycles. The van der Waals surface area contributed by atoms with Gasteiger partial charge in [-0.3, -0.25) is 9.59 Å². The lowest BCUT2D eigenvalue weighted by molar-refractivity contribution is -0.161. The molecule has 0 amide bonds. The number of hydrogen-bond acceptors (Lipinski definition) is 5. The molecule has 266 valence electrons. The van der Waals surface area contributed by atoms with Crippen molar-refractivity contribution in [2.45, 2.75) is 187 Å². The van der Waals surface area contributed by atoms with Gasteiger partial charge in [-0.1, -0.05) is 165 Å². The second kappa shape index (κ2) is 37.3. The van der Waals surface area contributed by atoms with Crippen molar-refractivity contribution >= 4 is 11.9 Å². The summed E-state index contributed by atoms with van der Waals surface area (Å²) in [6.45, 7) is 4.06. The minimum Gasteiger partial charge on any atom is -0.462 e. The van der Waals surface area contributed by atoms with Gasteiger partial charge in [0.2, 0.25) is 0 Å². The van der Waals surface area contributed by atoms with Crippen LogP contribution in [0.4, 0.5) is 0 Å².